The molecule has 134 valence electrons. The first-order chi connectivity index (χ1) is 11.8. The molecule has 1 aromatic carbocycles. The molecule has 1 atom stereocenters. The van der Waals surface area contributed by atoms with Crippen LogP contribution in [0.1, 0.15) is 63.9 Å². The van der Waals surface area contributed by atoms with Crippen LogP contribution in [0.2, 0.25) is 0 Å². The molecule has 1 heterocycles. The molecule has 0 saturated carbocycles. The number of carbonyl (C=O) groups is 1. The van der Waals surface area contributed by atoms with Gasteiger partial charge in [0.05, 0.1) is 12.6 Å². The summed E-state index contributed by atoms with van der Waals surface area (Å²) in [5, 5.41) is 6.18. The Morgan fingerprint density at radius 2 is 1.92 bits per heavy atom. The van der Waals surface area contributed by atoms with Crippen molar-refractivity contribution in [3.05, 3.63) is 29.8 Å². The minimum absolute atomic E-state index is 0.0367. The smallest absolute Gasteiger partial charge is 0.241 e. The summed E-state index contributed by atoms with van der Waals surface area (Å²) in [4.78, 5) is 12.0. The standard InChI is InChI=1S/C20H32N2O2/c1-2-3-4-5-6-7-15-24-16-17-10-12-18(13-11-17)22-20(23)19-9-8-14-21-19/h10-13,19,21H,2-9,14-16H2,1H3,(H,22,23). The van der Waals surface area contributed by atoms with Crippen molar-refractivity contribution < 1.29 is 9.53 Å². The minimum Gasteiger partial charge on any atom is -0.377 e. The van der Waals surface area contributed by atoms with Gasteiger partial charge in [0, 0.05) is 12.3 Å². The number of carbonyl (C=O) groups excluding carboxylic acids is 1. The summed E-state index contributed by atoms with van der Waals surface area (Å²) in [5.74, 6) is 0.0690. The van der Waals surface area contributed by atoms with E-state index in [2.05, 4.69) is 17.6 Å². The molecule has 1 unspecified atom stereocenters. The van der Waals surface area contributed by atoms with Gasteiger partial charge in [-0.25, -0.2) is 0 Å². The van der Waals surface area contributed by atoms with Crippen LogP contribution >= 0.6 is 0 Å². The average Bonchev–Trinajstić information content (AvgIpc) is 3.13. The molecule has 0 bridgehead atoms. The Morgan fingerprint density at radius 1 is 1.17 bits per heavy atom. The molecule has 1 fully saturated rings. The maximum atomic E-state index is 12.0. The third-order valence-electron chi connectivity index (χ3n) is 4.51. The van der Waals surface area contributed by atoms with Crippen molar-refractivity contribution in [3.8, 4) is 0 Å². The third kappa shape index (κ3) is 7.02. The SMILES string of the molecule is CCCCCCCCOCc1ccc(NC(=O)C2CCCN2)cc1. The molecule has 4 nitrogen and oxygen atoms in total. The van der Waals surface area contributed by atoms with Gasteiger partial charge in [0.25, 0.3) is 0 Å². The highest BCUT2D eigenvalue weighted by Crippen LogP contribution is 2.13. The topological polar surface area (TPSA) is 50.4 Å². The van der Waals surface area contributed by atoms with E-state index in [1.165, 1.54) is 32.1 Å². The lowest BCUT2D eigenvalue weighted by atomic mass is 10.1. The van der Waals surface area contributed by atoms with Crippen LogP contribution < -0.4 is 10.6 Å². The summed E-state index contributed by atoms with van der Waals surface area (Å²) in [6.07, 6.45) is 9.72. The number of nitrogens with one attached hydrogen (secondary N) is 2. The Balaban J connectivity index is 1.59. The molecule has 1 amide bonds. The van der Waals surface area contributed by atoms with Crippen LogP contribution in [0.25, 0.3) is 0 Å². The molecule has 2 rings (SSSR count). The van der Waals surface area contributed by atoms with Crippen LogP contribution in [0.5, 0.6) is 0 Å². The van der Waals surface area contributed by atoms with Crippen molar-refractivity contribution in [1.82, 2.24) is 5.32 Å². The van der Waals surface area contributed by atoms with E-state index in [-0.39, 0.29) is 11.9 Å². The second kappa shape index (κ2) is 11.2. The van der Waals surface area contributed by atoms with Crippen LogP contribution in [0.3, 0.4) is 0 Å². The maximum Gasteiger partial charge on any atom is 0.241 e. The summed E-state index contributed by atoms with van der Waals surface area (Å²) in [7, 11) is 0. The first-order valence-electron chi connectivity index (χ1n) is 9.50. The molecule has 2 N–H and O–H groups in total. The normalized spacial score (nSPS) is 17.1. The summed E-state index contributed by atoms with van der Waals surface area (Å²) in [6, 6.07) is 7.93. The molecule has 0 aromatic heterocycles. The molecule has 0 aliphatic carbocycles. The highest BCUT2D eigenvalue weighted by molar-refractivity contribution is 5.95. The van der Waals surface area contributed by atoms with Gasteiger partial charge in [-0.1, -0.05) is 51.2 Å². The van der Waals surface area contributed by atoms with Gasteiger partial charge in [-0.3, -0.25) is 4.79 Å². The molecule has 1 aliphatic rings. The van der Waals surface area contributed by atoms with Gasteiger partial charge in [0.2, 0.25) is 5.91 Å². The summed E-state index contributed by atoms with van der Waals surface area (Å²) >= 11 is 0. The number of benzene rings is 1. The quantitative estimate of drug-likeness (QED) is 0.596. The van der Waals surface area contributed by atoms with Crippen molar-refractivity contribution in [3.63, 3.8) is 0 Å². The monoisotopic (exact) mass is 332 g/mol. The summed E-state index contributed by atoms with van der Waals surface area (Å²) in [6.45, 7) is 4.66. The third-order valence-corrected chi connectivity index (χ3v) is 4.51. The predicted molar refractivity (Wildman–Crippen MR) is 99.1 cm³/mol. The molecule has 1 aliphatic heterocycles. The van der Waals surface area contributed by atoms with Gasteiger partial charge in [0.15, 0.2) is 0 Å². The lowest BCUT2D eigenvalue weighted by molar-refractivity contribution is -0.117. The highest BCUT2D eigenvalue weighted by atomic mass is 16.5. The highest BCUT2D eigenvalue weighted by Gasteiger charge is 2.21. The first-order valence-corrected chi connectivity index (χ1v) is 9.50. The zero-order chi connectivity index (χ0) is 17.0. The fourth-order valence-electron chi connectivity index (χ4n) is 3.00. The van der Waals surface area contributed by atoms with Gasteiger partial charge in [-0.2, -0.15) is 0 Å². The van der Waals surface area contributed by atoms with Crippen molar-refractivity contribution in [2.75, 3.05) is 18.5 Å². The number of amides is 1. The fraction of sp³-hybridized carbons (Fsp3) is 0.650. The number of rotatable bonds is 11. The van der Waals surface area contributed by atoms with Gasteiger partial charge < -0.3 is 15.4 Å². The van der Waals surface area contributed by atoms with Crippen molar-refractivity contribution in [2.24, 2.45) is 0 Å². The van der Waals surface area contributed by atoms with E-state index in [0.717, 1.165) is 43.7 Å². The van der Waals surface area contributed by atoms with E-state index < -0.39 is 0 Å². The number of anilines is 1. The van der Waals surface area contributed by atoms with E-state index in [0.29, 0.717) is 6.61 Å². The average molecular weight is 332 g/mol. The van der Waals surface area contributed by atoms with Crippen LogP contribution in [0, 0.1) is 0 Å². The Bertz CT molecular complexity index is 467. The zero-order valence-electron chi connectivity index (χ0n) is 15.0. The fourth-order valence-corrected chi connectivity index (χ4v) is 3.00. The summed E-state index contributed by atoms with van der Waals surface area (Å²) in [5.41, 5.74) is 2.01. The van der Waals surface area contributed by atoms with E-state index in [1.807, 2.05) is 24.3 Å². The molecule has 1 saturated heterocycles. The largest absolute Gasteiger partial charge is 0.377 e. The molecule has 1 aromatic rings. The lowest BCUT2D eigenvalue weighted by Gasteiger charge is -2.11. The molecule has 24 heavy (non-hydrogen) atoms. The molecule has 4 heteroatoms. The Labute approximate surface area is 146 Å². The summed E-state index contributed by atoms with van der Waals surface area (Å²) < 4.78 is 5.73. The van der Waals surface area contributed by atoms with Crippen molar-refractivity contribution >= 4 is 11.6 Å². The number of ether oxygens (including phenoxy) is 1. The van der Waals surface area contributed by atoms with Gasteiger partial charge >= 0.3 is 0 Å². The predicted octanol–water partition coefficient (Wildman–Crippen LogP) is 4.25. The maximum absolute atomic E-state index is 12.0. The van der Waals surface area contributed by atoms with Gasteiger partial charge in [0.1, 0.15) is 0 Å². The van der Waals surface area contributed by atoms with Crippen LogP contribution in [0.4, 0.5) is 5.69 Å². The van der Waals surface area contributed by atoms with Crippen LogP contribution in [0.15, 0.2) is 24.3 Å². The molecule has 0 radical (unpaired) electrons. The minimum atomic E-state index is -0.0367. The number of unbranched alkanes of at least 4 members (excludes halogenated alkanes) is 5. The second-order valence-corrected chi connectivity index (χ2v) is 6.66. The lowest BCUT2D eigenvalue weighted by Crippen LogP contribution is -2.35. The Hall–Kier alpha value is -1.39. The molecular formula is C20H32N2O2. The number of hydrogen-bond donors (Lipinski definition) is 2. The number of hydrogen-bond acceptors (Lipinski definition) is 3. The van der Waals surface area contributed by atoms with E-state index in [4.69, 9.17) is 4.74 Å². The van der Waals surface area contributed by atoms with E-state index >= 15 is 0 Å². The van der Waals surface area contributed by atoms with Gasteiger partial charge in [-0.15, -0.1) is 0 Å². The zero-order valence-corrected chi connectivity index (χ0v) is 15.0. The van der Waals surface area contributed by atoms with Gasteiger partial charge in [-0.05, 0) is 43.5 Å². The van der Waals surface area contributed by atoms with E-state index in [9.17, 15) is 4.79 Å². The Kier molecular flexibility index (Phi) is 8.85. The molecular weight excluding hydrogens is 300 g/mol. The van der Waals surface area contributed by atoms with E-state index in [1.54, 1.807) is 0 Å². The van der Waals surface area contributed by atoms with Crippen molar-refractivity contribution in [2.45, 2.75) is 70.9 Å². The van der Waals surface area contributed by atoms with Crippen LogP contribution in [-0.2, 0) is 16.1 Å². The second-order valence-electron chi connectivity index (χ2n) is 6.66. The molecule has 0 spiro atoms. The Morgan fingerprint density at radius 3 is 2.62 bits per heavy atom. The van der Waals surface area contributed by atoms with Crippen molar-refractivity contribution in [1.29, 1.82) is 0 Å². The first kappa shape index (κ1) is 18.9. The van der Waals surface area contributed by atoms with Crippen LogP contribution in [-0.4, -0.2) is 25.1 Å².